The summed E-state index contributed by atoms with van der Waals surface area (Å²) in [6.07, 6.45) is 3.29. The van der Waals surface area contributed by atoms with Gasteiger partial charge in [0.2, 0.25) is 11.8 Å². The van der Waals surface area contributed by atoms with Crippen molar-refractivity contribution in [3.63, 3.8) is 0 Å². The maximum absolute atomic E-state index is 12.2. The van der Waals surface area contributed by atoms with Crippen LogP contribution in [-0.2, 0) is 4.79 Å². The number of hydrogen-bond acceptors (Lipinski definition) is 4. The molecule has 1 amide bonds. The van der Waals surface area contributed by atoms with Crippen LogP contribution in [0.5, 0.6) is 5.75 Å². The SMILES string of the molecule is COc1ccccc1-c1nc2ccc(NC(=O)/C=C/c3ccc(C)cc3)cc2o1. The normalized spacial score (nSPS) is 11.1. The first-order chi connectivity index (χ1) is 14.1. The summed E-state index contributed by atoms with van der Waals surface area (Å²) in [6.45, 7) is 2.03. The van der Waals surface area contributed by atoms with E-state index in [1.165, 1.54) is 11.6 Å². The Bertz CT molecular complexity index is 1190. The van der Waals surface area contributed by atoms with Gasteiger partial charge in [-0.25, -0.2) is 4.98 Å². The number of aryl methyl sites for hydroxylation is 1. The van der Waals surface area contributed by atoms with Crippen molar-refractivity contribution in [3.05, 3.63) is 83.9 Å². The molecule has 0 spiro atoms. The van der Waals surface area contributed by atoms with Gasteiger partial charge >= 0.3 is 0 Å². The van der Waals surface area contributed by atoms with Gasteiger partial charge in [-0.05, 0) is 42.8 Å². The lowest BCUT2D eigenvalue weighted by molar-refractivity contribution is -0.111. The lowest BCUT2D eigenvalue weighted by atomic mass is 10.1. The number of rotatable bonds is 5. The van der Waals surface area contributed by atoms with Gasteiger partial charge in [0.15, 0.2) is 5.58 Å². The first-order valence-electron chi connectivity index (χ1n) is 9.22. The van der Waals surface area contributed by atoms with Crippen LogP contribution >= 0.6 is 0 Å². The number of para-hydroxylation sites is 1. The van der Waals surface area contributed by atoms with Crippen molar-refractivity contribution in [2.75, 3.05) is 12.4 Å². The van der Waals surface area contributed by atoms with Gasteiger partial charge in [-0.2, -0.15) is 0 Å². The van der Waals surface area contributed by atoms with Crippen LogP contribution in [0.15, 0.2) is 77.2 Å². The molecule has 29 heavy (non-hydrogen) atoms. The van der Waals surface area contributed by atoms with E-state index in [4.69, 9.17) is 9.15 Å². The van der Waals surface area contributed by atoms with Crippen LogP contribution in [0.25, 0.3) is 28.6 Å². The number of nitrogens with one attached hydrogen (secondary N) is 1. The topological polar surface area (TPSA) is 64.4 Å². The van der Waals surface area contributed by atoms with Gasteiger partial charge in [0.05, 0.1) is 12.7 Å². The number of amides is 1. The Morgan fingerprint density at radius 1 is 1.07 bits per heavy atom. The van der Waals surface area contributed by atoms with E-state index in [2.05, 4.69) is 10.3 Å². The maximum atomic E-state index is 12.2. The molecular weight excluding hydrogens is 364 g/mol. The molecule has 1 aromatic heterocycles. The molecule has 0 atom stereocenters. The van der Waals surface area contributed by atoms with Gasteiger partial charge in [0.1, 0.15) is 11.3 Å². The van der Waals surface area contributed by atoms with Gasteiger partial charge in [0.25, 0.3) is 0 Å². The van der Waals surface area contributed by atoms with Crippen molar-refractivity contribution in [3.8, 4) is 17.2 Å². The number of benzene rings is 3. The van der Waals surface area contributed by atoms with Crippen LogP contribution in [0, 0.1) is 6.92 Å². The number of fused-ring (bicyclic) bond motifs is 1. The van der Waals surface area contributed by atoms with Crippen LogP contribution in [-0.4, -0.2) is 18.0 Å². The van der Waals surface area contributed by atoms with Crippen LogP contribution in [0.2, 0.25) is 0 Å². The molecule has 5 nitrogen and oxygen atoms in total. The van der Waals surface area contributed by atoms with E-state index >= 15 is 0 Å². The average molecular weight is 384 g/mol. The molecule has 3 aromatic carbocycles. The molecule has 0 bridgehead atoms. The molecule has 0 fully saturated rings. The Morgan fingerprint density at radius 3 is 2.66 bits per heavy atom. The highest BCUT2D eigenvalue weighted by Gasteiger charge is 2.13. The molecule has 5 heteroatoms. The summed E-state index contributed by atoms with van der Waals surface area (Å²) in [5.74, 6) is 0.948. The van der Waals surface area contributed by atoms with Crippen LogP contribution in [0.1, 0.15) is 11.1 Å². The first kappa shape index (κ1) is 18.5. The fraction of sp³-hybridized carbons (Fsp3) is 0.0833. The largest absolute Gasteiger partial charge is 0.496 e. The summed E-state index contributed by atoms with van der Waals surface area (Å²) >= 11 is 0. The number of anilines is 1. The summed E-state index contributed by atoms with van der Waals surface area (Å²) in [5, 5.41) is 2.85. The number of carbonyl (C=O) groups is 1. The minimum atomic E-state index is -0.214. The molecule has 0 aliphatic carbocycles. The summed E-state index contributed by atoms with van der Waals surface area (Å²) < 4.78 is 11.3. The van der Waals surface area contributed by atoms with Gasteiger partial charge in [0, 0.05) is 17.8 Å². The van der Waals surface area contributed by atoms with E-state index in [0.717, 1.165) is 11.1 Å². The van der Waals surface area contributed by atoms with Crippen LogP contribution < -0.4 is 10.1 Å². The van der Waals surface area contributed by atoms with Crippen LogP contribution in [0.3, 0.4) is 0 Å². The van der Waals surface area contributed by atoms with E-state index in [-0.39, 0.29) is 5.91 Å². The third-order valence-corrected chi connectivity index (χ3v) is 4.50. The maximum Gasteiger partial charge on any atom is 0.248 e. The summed E-state index contributed by atoms with van der Waals surface area (Å²) in [6, 6.07) is 20.9. The number of nitrogens with zero attached hydrogens (tertiary/aromatic N) is 1. The first-order valence-corrected chi connectivity index (χ1v) is 9.22. The van der Waals surface area contributed by atoms with E-state index in [1.807, 2.05) is 61.5 Å². The highest BCUT2D eigenvalue weighted by atomic mass is 16.5. The monoisotopic (exact) mass is 384 g/mol. The van der Waals surface area contributed by atoms with E-state index in [0.29, 0.717) is 28.4 Å². The van der Waals surface area contributed by atoms with E-state index in [9.17, 15) is 4.79 Å². The van der Waals surface area contributed by atoms with E-state index < -0.39 is 0 Å². The Balaban J connectivity index is 1.53. The summed E-state index contributed by atoms with van der Waals surface area (Å²) in [4.78, 5) is 16.8. The summed E-state index contributed by atoms with van der Waals surface area (Å²) in [5.41, 5.74) is 4.86. The Morgan fingerprint density at radius 2 is 1.86 bits per heavy atom. The molecule has 0 radical (unpaired) electrons. The van der Waals surface area contributed by atoms with Gasteiger partial charge < -0.3 is 14.5 Å². The lowest BCUT2D eigenvalue weighted by Gasteiger charge is -2.03. The number of aromatic nitrogens is 1. The van der Waals surface area contributed by atoms with Gasteiger partial charge in [-0.3, -0.25) is 4.79 Å². The molecule has 0 unspecified atom stereocenters. The zero-order chi connectivity index (χ0) is 20.2. The Labute approximate surface area is 168 Å². The van der Waals surface area contributed by atoms with Crippen molar-refractivity contribution in [1.29, 1.82) is 0 Å². The quantitative estimate of drug-likeness (QED) is 0.464. The minimum Gasteiger partial charge on any atom is -0.496 e. The third-order valence-electron chi connectivity index (χ3n) is 4.50. The average Bonchev–Trinajstić information content (AvgIpc) is 3.16. The lowest BCUT2D eigenvalue weighted by Crippen LogP contribution is -2.07. The predicted molar refractivity (Wildman–Crippen MR) is 115 cm³/mol. The molecule has 0 aliphatic rings. The molecule has 0 saturated carbocycles. The molecule has 144 valence electrons. The highest BCUT2D eigenvalue weighted by Crippen LogP contribution is 2.32. The fourth-order valence-corrected chi connectivity index (χ4v) is 2.97. The number of hydrogen-bond donors (Lipinski definition) is 1. The van der Waals surface area contributed by atoms with Crippen molar-refractivity contribution >= 4 is 28.8 Å². The van der Waals surface area contributed by atoms with Gasteiger partial charge in [-0.15, -0.1) is 0 Å². The van der Waals surface area contributed by atoms with Gasteiger partial charge in [-0.1, -0.05) is 42.0 Å². The molecule has 1 heterocycles. The molecular formula is C24H20N2O3. The van der Waals surface area contributed by atoms with Crippen molar-refractivity contribution in [2.45, 2.75) is 6.92 Å². The molecule has 0 saturated heterocycles. The standard InChI is InChI=1S/C24H20N2O3/c1-16-7-9-17(10-8-16)11-14-23(27)25-18-12-13-20-22(15-18)29-24(26-20)19-5-3-4-6-21(19)28-2/h3-15H,1-2H3,(H,25,27)/b14-11+. The second-order valence-corrected chi connectivity index (χ2v) is 6.64. The third kappa shape index (κ3) is 4.19. The minimum absolute atomic E-state index is 0.214. The molecule has 4 aromatic rings. The fourth-order valence-electron chi connectivity index (χ4n) is 2.97. The van der Waals surface area contributed by atoms with Crippen molar-refractivity contribution < 1.29 is 13.9 Å². The predicted octanol–water partition coefficient (Wildman–Crippen LogP) is 5.46. The van der Waals surface area contributed by atoms with Crippen molar-refractivity contribution in [1.82, 2.24) is 4.98 Å². The second kappa shape index (κ2) is 8.02. The zero-order valence-electron chi connectivity index (χ0n) is 16.2. The number of oxazole rings is 1. The smallest absolute Gasteiger partial charge is 0.248 e. The van der Waals surface area contributed by atoms with Crippen molar-refractivity contribution in [2.24, 2.45) is 0 Å². The molecule has 1 N–H and O–H groups in total. The Hall–Kier alpha value is -3.86. The molecule has 0 aliphatic heterocycles. The number of methoxy groups -OCH3 is 1. The molecule has 4 rings (SSSR count). The number of ether oxygens (including phenoxy) is 1. The highest BCUT2D eigenvalue weighted by molar-refractivity contribution is 6.02. The van der Waals surface area contributed by atoms with E-state index in [1.54, 1.807) is 25.3 Å². The second-order valence-electron chi connectivity index (χ2n) is 6.64. The number of carbonyl (C=O) groups excluding carboxylic acids is 1. The van der Waals surface area contributed by atoms with Crippen LogP contribution in [0.4, 0.5) is 5.69 Å². The summed E-state index contributed by atoms with van der Waals surface area (Å²) in [7, 11) is 1.61. The Kier molecular flexibility index (Phi) is 5.12. The zero-order valence-corrected chi connectivity index (χ0v) is 16.2.